The standard InChI is InChI=1S/C11H24N2S/c1-10(7-12)9-14-6-4-11-3-2-5-13-8-11/h10-11,13H,2-9,12H2,1H3. The first-order valence-corrected chi connectivity index (χ1v) is 6.97. The lowest BCUT2D eigenvalue weighted by Gasteiger charge is -2.22. The van der Waals surface area contributed by atoms with E-state index in [0.717, 1.165) is 12.5 Å². The normalized spacial score (nSPS) is 24.9. The largest absolute Gasteiger partial charge is 0.330 e. The van der Waals surface area contributed by atoms with Crippen LogP contribution in [-0.2, 0) is 0 Å². The molecule has 0 bridgehead atoms. The van der Waals surface area contributed by atoms with Gasteiger partial charge in [0.1, 0.15) is 0 Å². The minimum absolute atomic E-state index is 0.685. The maximum Gasteiger partial charge on any atom is -0.00202 e. The average Bonchev–Trinajstić information content (AvgIpc) is 2.25. The molecule has 0 aromatic heterocycles. The maximum atomic E-state index is 5.57. The Balaban J connectivity index is 1.92. The van der Waals surface area contributed by atoms with E-state index in [0.29, 0.717) is 5.92 Å². The van der Waals surface area contributed by atoms with E-state index in [1.54, 1.807) is 0 Å². The highest BCUT2D eigenvalue weighted by molar-refractivity contribution is 7.99. The predicted octanol–water partition coefficient (Wildman–Crippen LogP) is 1.70. The zero-order valence-corrected chi connectivity index (χ0v) is 10.1. The van der Waals surface area contributed by atoms with Crippen LogP contribution in [0.5, 0.6) is 0 Å². The number of nitrogens with one attached hydrogen (secondary N) is 1. The van der Waals surface area contributed by atoms with Gasteiger partial charge in [0.15, 0.2) is 0 Å². The van der Waals surface area contributed by atoms with Gasteiger partial charge in [-0.2, -0.15) is 11.8 Å². The van der Waals surface area contributed by atoms with Gasteiger partial charge >= 0.3 is 0 Å². The van der Waals surface area contributed by atoms with Crippen molar-refractivity contribution in [2.24, 2.45) is 17.6 Å². The molecule has 0 amide bonds. The third kappa shape index (κ3) is 5.23. The molecule has 2 atom stereocenters. The van der Waals surface area contributed by atoms with Gasteiger partial charge in [0.2, 0.25) is 0 Å². The second kappa shape index (κ2) is 7.55. The summed E-state index contributed by atoms with van der Waals surface area (Å²) in [6, 6.07) is 0. The highest BCUT2D eigenvalue weighted by Gasteiger charge is 2.12. The number of hydrogen-bond acceptors (Lipinski definition) is 3. The van der Waals surface area contributed by atoms with Crippen molar-refractivity contribution in [2.45, 2.75) is 26.2 Å². The first-order chi connectivity index (χ1) is 6.83. The van der Waals surface area contributed by atoms with Crippen LogP contribution in [0.3, 0.4) is 0 Å². The molecular formula is C11H24N2S. The third-order valence-corrected chi connectivity index (χ3v) is 4.20. The molecule has 0 aliphatic carbocycles. The van der Waals surface area contributed by atoms with E-state index < -0.39 is 0 Å². The minimum atomic E-state index is 0.685. The number of nitrogens with two attached hydrogens (primary N) is 1. The second-order valence-corrected chi connectivity index (χ2v) is 5.57. The Kier molecular flexibility index (Phi) is 6.65. The summed E-state index contributed by atoms with van der Waals surface area (Å²) in [4.78, 5) is 0. The summed E-state index contributed by atoms with van der Waals surface area (Å²) in [5.74, 6) is 4.17. The van der Waals surface area contributed by atoms with Gasteiger partial charge in [-0.3, -0.25) is 0 Å². The molecule has 2 unspecified atom stereocenters. The lowest BCUT2D eigenvalue weighted by atomic mass is 9.97. The number of thioether (sulfide) groups is 1. The molecular weight excluding hydrogens is 192 g/mol. The number of piperidine rings is 1. The second-order valence-electron chi connectivity index (χ2n) is 4.42. The van der Waals surface area contributed by atoms with Gasteiger partial charge < -0.3 is 11.1 Å². The molecule has 1 saturated heterocycles. The van der Waals surface area contributed by atoms with E-state index in [2.05, 4.69) is 24.0 Å². The first kappa shape index (κ1) is 12.3. The fourth-order valence-electron chi connectivity index (χ4n) is 1.77. The fourth-order valence-corrected chi connectivity index (χ4v) is 2.98. The lowest BCUT2D eigenvalue weighted by molar-refractivity contribution is 0.371. The summed E-state index contributed by atoms with van der Waals surface area (Å²) in [6.45, 7) is 5.54. The lowest BCUT2D eigenvalue weighted by Crippen LogP contribution is -2.30. The summed E-state index contributed by atoms with van der Waals surface area (Å²) in [5, 5.41) is 3.47. The topological polar surface area (TPSA) is 38.0 Å². The van der Waals surface area contributed by atoms with Crippen LogP contribution in [-0.4, -0.2) is 31.1 Å². The van der Waals surface area contributed by atoms with Crippen LogP contribution >= 0.6 is 11.8 Å². The van der Waals surface area contributed by atoms with Gasteiger partial charge in [-0.15, -0.1) is 0 Å². The average molecular weight is 216 g/mol. The van der Waals surface area contributed by atoms with Crippen molar-refractivity contribution < 1.29 is 0 Å². The monoisotopic (exact) mass is 216 g/mol. The van der Waals surface area contributed by atoms with Crippen molar-refractivity contribution in [3.63, 3.8) is 0 Å². The quantitative estimate of drug-likeness (QED) is 0.664. The Morgan fingerprint density at radius 1 is 1.57 bits per heavy atom. The van der Waals surface area contributed by atoms with E-state index in [1.807, 2.05) is 0 Å². The first-order valence-electron chi connectivity index (χ1n) is 5.81. The Bertz CT molecular complexity index is 135. The molecule has 0 aromatic rings. The third-order valence-electron chi connectivity index (χ3n) is 2.87. The van der Waals surface area contributed by atoms with Crippen LogP contribution in [0.2, 0.25) is 0 Å². The summed E-state index contributed by atoms with van der Waals surface area (Å²) >= 11 is 2.07. The van der Waals surface area contributed by atoms with Crippen LogP contribution in [0.1, 0.15) is 26.2 Å². The molecule has 3 heteroatoms. The van der Waals surface area contributed by atoms with Gasteiger partial charge in [0.05, 0.1) is 0 Å². The zero-order chi connectivity index (χ0) is 10.2. The fraction of sp³-hybridized carbons (Fsp3) is 1.00. The Morgan fingerprint density at radius 3 is 3.07 bits per heavy atom. The SMILES string of the molecule is CC(CN)CSCCC1CCCNC1. The molecule has 0 saturated carbocycles. The van der Waals surface area contributed by atoms with Crippen molar-refractivity contribution in [1.82, 2.24) is 5.32 Å². The molecule has 1 rings (SSSR count). The molecule has 1 aliphatic heterocycles. The van der Waals surface area contributed by atoms with E-state index in [1.165, 1.54) is 43.9 Å². The van der Waals surface area contributed by atoms with Crippen molar-refractivity contribution in [1.29, 1.82) is 0 Å². The molecule has 1 fully saturated rings. The molecule has 0 spiro atoms. The van der Waals surface area contributed by atoms with Crippen LogP contribution in [0.15, 0.2) is 0 Å². The van der Waals surface area contributed by atoms with Crippen LogP contribution in [0.4, 0.5) is 0 Å². The molecule has 84 valence electrons. The van der Waals surface area contributed by atoms with E-state index in [-0.39, 0.29) is 0 Å². The molecule has 1 aliphatic rings. The molecule has 1 heterocycles. The summed E-state index contributed by atoms with van der Waals surface area (Å²) in [5.41, 5.74) is 5.57. The molecule has 2 nitrogen and oxygen atoms in total. The maximum absolute atomic E-state index is 5.57. The van der Waals surface area contributed by atoms with Crippen molar-refractivity contribution in [3.8, 4) is 0 Å². The molecule has 14 heavy (non-hydrogen) atoms. The smallest absolute Gasteiger partial charge is 0.00202 e. The summed E-state index contributed by atoms with van der Waals surface area (Å²) in [6.07, 6.45) is 4.18. The van der Waals surface area contributed by atoms with Gasteiger partial charge in [-0.1, -0.05) is 6.92 Å². The molecule has 0 radical (unpaired) electrons. The van der Waals surface area contributed by atoms with E-state index >= 15 is 0 Å². The van der Waals surface area contributed by atoms with E-state index in [4.69, 9.17) is 5.73 Å². The number of hydrogen-bond donors (Lipinski definition) is 2. The predicted molar refractivity (Wildman–Crippen MR) is 65.8 cm³/mol. The van der Waals surface area contributed by atoms with Gasteiger partial charge in [-0.25, -0.2) is 0 Å². The Hall–Kier alpha value is 0.270. The summed E-state index contributed by atoms with van der Waals surface area (Å²) in [7, 11) is 0. The highest BCUT2D eigenvalue weighted by atomic mass is 32.2. The Labute approximate surface area is 92.4 Å². The highest BCUT2D eigenvalue weighted by Crippen LogP contribution is 2.18. The van der Waals surface area contributed by atoms with Gasteiger partial charge in [-0.05, 0) is 62.2 Å². The van der Waals surface area contributed by atoms with Crippen molar-refractivity contribution in [2.75, 3.05) is 31.1 Å². The zero-order valence-electron chi connectivity index (χ0n) is 9.30. The van der Waals surface area contributed by atoms with Crippen LogP contribution in [0.25, 0.3) is 0 Å². The van der Waals surface area contributed by atoms with Crippen molar-refractivity contribution >= 4 is 11.8 Å². The van der Waals surface area contributed by atoms with Crippen molar-refractivity contribution in [3.05, 3.63) is 0 Å². The summed E-state index contributed by atoms with van der Waals surface area (Å²) < 4.78 is 0. The van der Waals surface area contributed by atoms with Gasteiger partial charge in [0, 0.05) is 0 Å². The Morgan fingerprint density at radius 2 is 2.43 bits per heavy atom. The molecule has 0 aromatic carbocycles. The number of rotatable bonds is 6. The van der Waals surface area contributed by atoms with E-state index in [9.17, 15) is 0 Å². The van der Waals surface area contributed by atoms with Crippen LogP contribution < -0.4 is 11.1 Å². The van der Waals surface area contributed by atoms with Crippen LogP contribution in [0, 0.1) is 11.8 Å². The minimum Gasteiger partial charge on any atom is -0.330 e. The van der Waals surface area contributed by atoms with Gasteiger partial charge in [0.25, 0.3) is 0 Å². The molecule has 3 N–H and O–H groups in total.